The third-order valence-corrected chi connectivity index (χ3v) is 2.85. The van der Waals surface area contributed by atoms with Gasteiger partial charge in [0, 0.05) is 0 Å². The normalized spacial score (nSPS) is 11.5. The number of carboxylic acid groups (broad SMARTS) is 1. The number of benzene rings is 1. The molecule has 0 saturated carbocycles. The molecule has 1 atom stereocenters. The van der Waals surface area contributed by atoms with Crippen molar-refractivity contribution >= 4 is 12.0 Å². The molecule has 6 heteroatoms. The van der Waals surface area contributed by atoms with E-state index in [-0.39, 0.29) is 0 Å². The Morgan fingerprint density at radius 3 is 2.62 bits per heavy atom. The van der Waals surface area contributed by atoms with Crippen molar-refractivity contribution in [1.29, 1.82) is 0 Å². The van der Waals surface area contributed by atoms with Gasteiger partial charge in [-0.05, 0) is 18.6 Å². The Morgan fingerprint density at radius 2 is 2.00 bits per heavy atom. The summed E-state index contributed by atoms with van der Waals surface area (Å²) >= 11 is 0. The van der Waals surface area contributed by atoms with E-state index in [0.717, 1.165) is 18.6 Å². The highest BCUT2D eigenvalue weighted by Crippen LogP contribution is 2.07. The number of carbonyl (C=O) groups excluding carboxylic acids is 1. The number of carboxylic acids is 1. The Hall–Kier alpha value is -2.24. The maximum Gasteiger partial charge on any atom is 0.326 e. The summed E-state index contributed by atoms with van der Waals surface area (Å²) in [6.45, 7) is 2.60. The fraction of sp³-hybridized carbons (Fsp3) is 0.467. The van der Waals surface area contributed by atoms with Gasteiger partial charge in [-0.25, -0.2) is 9.59 Å². The molecule has 1 aromatic carbocycles. The topological polar surface area (TPSA) is 87.7 Å². The van der Waals surface area contributed by atoms with E-state index < -0.39 is 18.0 Å². The summed E-state index contributed by atoms with van der Waals surface area (Å²) in [7, 11) is 0. The molecular formula is C15H22N2O4. The highest BCUT2D eigenvalue weighted by atomic mass is 16.5. The monoisotopic (exact) mass is 294 g/mol. The van der Waals surface area contributed by atoms with Crippen molar-refractivity contribution in [2.24, 2.45) is 0 Å². The minimum atomic E-state index is -1.01. The fourth-order valence-electron chi connectivity index (χ4n) is 1.73. The van der Waals surface area contributed by atoms with Crippen LogP contribution in [0.15, 0.2) is 30.3 Å². The number of rotatable bonds is 9. The number of ether oxygens (including phenoxy) is 1. The van der Waals surface area contributed by atoms with Gasteiger partial charge < -0.3 is 20.5 Å². The third kappa shape index (κ3) is 7.20. The number of aliphatic carboxylic acids is 1. The van der Waals surface area contributed by atoms with Crippen LogP contribution in [0, 0.1) is 0 Å². The first-order chi connectivity index (χ1) is 10.1. The highest BCUT2D eigenvalue weighted by molar-refractivity contribution is 5.82. The predicted octanol–water partition coefficient (Wildman–Crippen LogP) is 2.01. The van der Waals surface area contributed by atoms with Crippen LogP contribution in [-0.2, 0) is 4.79 Å². The minimum absolute atomic E-state index is 0.306. The molecule has 0 aliphatic carbocycles. The first-order valence-electron chi connectivity index (χ1n) is 7.08. The van der Waals surface area contributed by atoms with Gasteiger partial charge in [-0.1, -0.05) is 38.0 Å². The summed E-state index contributed by atoms with van der Waals surface area (Å²) in [4.78, 5) is 22.6. The number of urea groups is 1. The van der Waals surface area contributed by atoms with Crippen LogP contribution in [0.3, 0.4) is 0 Å². The number of unbranched alkanes of at least 4 members (excludes halogenated alkanes) is 1. The minimum Gasteiger partial charge on any atom is -0.492 e. The fourth-order valence-corrected chi connectivity index (χ4v) is 1.73. The Morgan fingerprint density at radius 1 is 1.29 bits per heavy atom. The molecule has 116 valence electrons. The third-order valence-electron chi connectivity index (χ3n) is 2.85. The number of carbonyl (C=O) groups is 2. The van der Waals surface area contributed by atoms with Crippen molar-refractivity contribution in [3.63, 3.8) is 0 Å². The van der Waals surface area contributed by atoms with Gasteiger partial charge in [0.1, 0.15) is 18.4 Å². The van der Waals surface area contributed by atoms with Crippen molar-refractivity contribution < 1.29 is 19.4 Å². The molecule has 3 N–H and O–H groups in total. The Labute approximate surface area is 124 Å². The second kappa shape index (κ2) is 9.63. The van der Waals surface area contributed by atoms with Gasteiger partial charge in [-0.2, -0.15) is 0 Å². The molecule has 0 unspecified atom stereocenters. The maximum absolute atomic E-state index is 11.6. The second-order valence-corrected chi connectivity index (χ2v) is 4.59. The zero-order valence-corrected chi connectivity index (χ0v) is 12.2. The van der Waals surface area contributed by atoms with Crippen molar-refractivity contribution in [3.05, 3.63) is 30.3 Å². The van der Waals surface area contributed by atoms with Crippen LogP contribution in [0.4, 0.5) is 4.79 Å². The lowest BCUT2D eigenvalue weighted by Crippen LogP contribution is -2.46. The number of hydrogen-bond donors (Lipinski definition) is 3. The van der Waals surface area contributed by atoms with Crippen molar-refractivity contribution in [1.82, 2.24) is 10.6 Å². The van der Waals surface area contributed by atoms with E-state index in [0.29, 0.717) is 19.6 Å². The first-order valence-corrected chi connectivity index (χ1v) is 7.08. The van der Waals surface area contributed by atoms with Gasteiger partial charge in [0.05, 0.1) is 6.54 Å². The van der Waals surface area contributed by atoms with E-state index in [1.165, 1.54) is 0 Å². The smallest absolute Gasteiger partial charge is 0.326 e. The molecule has 0 spiro atoms. The number of nitrogens with one attached hydrogen (secondary N) is 2. The molecule has 2 amide bonds. The summed E-state index contributed by atoms with van der Waals surface area (Å²) in [6, 6.07) is 7.92. The standard InChI is InChI=1S/C15H22N2O4/c1-2-3-9-13(14(18)19)17-15(20)16-10-11-21-12-7-5-4-6-8-12/h4-8,13H,2-3,9-11H2,1H3,(H,18,19)(H2,16,17,20)/t13-/m0/s1. The van der Waals surface area contributed by atoms with Crippen LogP contribution in [0.5, 0.6) is 5.75 Å². The van der Waals surface area contributed by atoms with Crippen LogP contribution < -0.4 is 15.4 Å². The summed E-state index contributed by atoms with van der Waals surface area (Å²) in [6.07, 6.45) is 2.08. The molecule has 0 aliphatic heterocycles. The molecule has 0 heterocycles. The second-order valence-electron chi connectivity index (χ2n) is 4.59. The average molecular weight is 294 g/mol. The van der Waals surface area contributed by atoms with E-state index in [1.807, 2.05) is 37.3 Å². The molecule has 0 aromatic heterocycles. The number of para-hydroxylation sites is 1. The molecule has 0 radical (unpaired) electrons. The predicted molar refractivity (Wildman–Crippen MR) is 79.4 cm³/mol. The van der Waals surface area contributed by atoms with Crippen LogP contribution >= 0.6 is 0 Å². The lowest BCUT2D eigenvalue weighted by Gasteiger charge is -2.15. The Bertz CT molecular complexity index is 437. The van der Waals surface area contributed by atoms with E-state index in [9.17, 15) is 9.59 Å². The molecule has 1 aromatic rings. The van der Waals surface area contributed by atoms with E-state index in [1.54, 1.807) is 0 Å². The summed E-state index contributed by atoms with van der Waals surface area (Å²) < 4.78 is 5.41. The van der Waals surface area contributed by atoms with Gasteiger partial charge in [-0.3, -0.25) is 0 Å². The zero-order valence-electron chi connectivity index (χ0n) is 12.2. The summed E-state index contributed by atoms with van der Waals surface area (Å²) in [5.41, 5.74) is 0. The van der Waals surface area contributed by atoms with Gasteiger partial charge in [-0.15, -0.1) is 0 Å². The molecule has 0 fully saturated rings. The van der Waals surface area contributed by atoms with Gasteiger partial charge in [0.15, 0.2) is 0 Å². The Balaban J connectivity index is 2.21. The molecular weight excluding hydrogens is 272 g/mol. The molecule has 21 heavy (non-hydrogen) atoms. The number of hydrogen-bond acceptors (Lipinski definition) is 3. The zero-order chi connectivity index (χ0) is 15.5. The maximum atomic E-state index is 11.6. The van der Waals surface area contributed by atoms with Crippen LogP contribution in [-0.4, -0.2) is 36.3 Å². The molecule has 0 bridgehead atoms. The molecule has 0 aliphatic rings. The van der Waals surface area contributed by atoms with E-state index in [4.69, 9.17) is 9.84 Å². The van der Waals surface area contributed by atoms with Gasteiger partial charge >= 0.3 is 12.0 Å². The largest absolute Gasteiger partial charge is 0.492 e. The van der Waals surface area contributed by atoms with Crippen molar-refractivity contribution in [3.8, 4) is 5.75 Å². The lowest BCUT2D eigenvalue weighted by atomic mass is 10.1. The quantitative estimate of drug-likeness (QED) is 0.608. The molecule has 6 nitrogen and oxygen atoms in total. The van der Waals surface area contributed by atoms with Crippen molar-refractivity contribution in [2.45, 2.75) is 32.2 Å². The Kier molecular flexibility index (Phi) is 7.71. The molecule has 1 rings (SSSR count). The summed E-state index contributed by atoms with van der Waals surface area (Å²) in [5.74, 6) is -0.287. The average Bonchev–Trinajstić information content (AvgIpc) is 2.48. The van der Waals surface area contributed by atoms with Crippen LogP contribution in [0.25, 0.3) is 0 Å². The van der Waals surface area contributed by atoms with Crippen molar-refractivity contribution in [2.75, 3.05) is 13.2 Å². The van der Waals surface area contributed by atoms with E-state index >= 15 is 0 Å². The van der Waals surface area contributed by atoms with Gasteiger partial charge in [0.2, 0.25) is 0 Å². The number of amides is 2. The molecule has 0 saturated heterocycles. The SMILES string of the molecule is CCCC[C@H](NC(=O)NCCOc1ccccc1)C(=O)O. The van der Waals surface area contributed by atoms with Crippen LogP contribution in [0.1, 0.15) is 26.2 Å². The lowest BCUT2D eigenvalue weighted by molar-refractivity contribution is -0.139. The van der Waals surface area contributed by atoms with Gasteiger partial charge in [0.25, 0.3) is 0 Å². The highest BCUT2D eigenvalue weighted by Gasteiger charge is 2.18. The first kappa shape index (κ1) is 16.8. The summed E-state index contributed by atoms with van der Waals surface area (Å²) in [5, 5.41) is 14.0. The van der Waals surface area contributed by atoms with E-state index in [2.05, 4.69) is 10.6 Å². The van der Waals surface area contributed by atoms with Crippen LogP contribution in [0.2, 0.25) is 0 Å².